The second-order valence-electron chi connectivity index (χ2n) is 7.12. The zero-order valence-electron chi connectivity index (χ0n) is 16.2. The van der Waals surface area contributed by atoms with Gasteiger partial charge >= 0.3 is 5.97 Å². The first-order valence-corrected chi connectivity index (χ1v) is 9.49. The summed E-state index contributed by atoms with van der Waals surface area (Å²) in [6.45, 7) is 3.17. The van der Waals surface area contributed by atoms with Crippen molar-refractivity contribution in [1.82, 2.24) is 0 Å². The van der Waals surface area contributed by atoms with Gasteiger partial charge in [0.25, 0.3) is 11.6 Å². The summed E-state index contributed by atoms with van der Waals surface area (Å²) < 4.78 is 5.01. The number of benzene rings is 2. The zero-order chi connectivity index (χ0) is 20.8. The van der Waals surface area contributed by atoms with E-state index in [4.69, 9.17) is 4.74 Å². The number of piperidine rings is 1. The van der Waals surface area contributed by atoms with E-state index in [0.717, 1.165) is 25.9 Å². The van der Waals surface area contributed by atoms with Crippen LogP contribution in [0.1, 0.15) is 30.1 Å². The molecule has 1 amide bonds. The highest BCUT2D eigenvalue weighted by Crippen LogP contribution is 2.32. The Labute approximate surface area is 168 Å². The molecule has 0 aliphatic carbocycles. The molecule has 1 saturated heterocycles. The van der Waals surface area contributed by atoms with Gasteiger partial charge in [-0.3, -0.25) is 14.9 Å². The minimum Gasteiger partial charge on any atom is -0.452 e. The normalized spacial score (nSPS) is 14.3. The molecule has 1 aliphatic heterocycles. The van der Waals surface area contributed by atoms with E-state index in [0.29, 0.717) is 17.3 Å². The molecule has 0 atom stereocenters. The van der Waals surface area contributed by atoms with Crippen LogP contribution in [0, 0.1) is 16.0 Å². The molecular formula is C21H23N3O5. The average molecular weight is 397 g/mol. The molecule has 8 heteroatoms. The van der Waals surface area contributed by atoms with Gasteiger partial charge in [0.15, 0.2) is 6.61 Å². The molecule has 0 spiro atoms. The van der Waals surface area contributed by atoms with Gasteiger partial charge in [0.05, 0.1) is 10.5 Å². The van der Waals surface area contributed by atoms with Crippen molar-refractivity contribution in [3.05, 3.63) is 64.2 Å². The lowest BCUT2D eigenvalue weighted by molar-refractivity contribution is -0.384. The Morgan fingerprint density at radius 1 is 1.17 bits per heavy atom. The third kappa shape index (κ3) is 5.31. The number of ether oxygens (including phenoxy) is 1. The van der Waals surface area contributed by atoms with Crippen molar-refractivity contribution in [2.24, 2.45) is 5.92 Å². The Kier molecular flexibility index (Phi) is 6.43. The molecule has 1 heterocycles. The third-order valence-electron chi connectivity index (χ3n) is 4.92. The van der Waals surface area contributed by atoms with Crippen molar-refractivity contribution < 1.29 is 19.2 Å². The fraction of sp³-hybridized carbons (Fsp3) is 0.333. The second-order valence-corrected chi connectivity index (χ2v) is 7.12. The van der Waals surface area contributed by atoms with Gasteiger partial charge in [-0.05, 0) is 43.0 Å². The highest BCUT2D eigenvalue weighted by Gasteiger charge is 2.25. The predicted octanol–water partition coefficient (Wildman–Crippen LogP) is 3.63. The minimum atomic E-state index is -0.782. The first-order valence-electron chi connectivity index (χ1n) is 9.49. The van der Waals surface area contributed by atoms with Crippen molar-refractivity contribution in [2.45, 2.75) is 19.8 Å². The molecule has 0 radical (unpaired) electrons. The summed E-state index contributed by atoms with van der Waals surface area (Å²) in [7, 11) is 0. The lowest BCUT2D eigenvalue weighted by Crippen LogP contribution is -2.33. The summed E-state index contributed by atoms with van der Waals surface area (Å²) in [6.07, 6.45) is 1.94. The van der Waals surface area contributed by atoms with Crippen molar-refractivity contribution in [2.75, 3.05) is 29.9 Å². The number of carbonyl (C=O) groups is 2. The van der Waals surface area contributed by atoms with E-state index in [-0.39, 0.29) is 11.3 Å². The van der Waals surface area contributed by atoms with Gasteiger partial charge < -0.3 is 15.0 Å². The minimum absolute atomic E-state index is 0.0401. The van der Waals surface area contributed by atoms with Crippen molar-refractivity contribution >= 4 is 28.9 Å². The smallest absolute Gasteiger partial charge is 0.338 e. The Hall–Kier alpha value is -3.42. The summed E-state index contributed by atoms with van der Waals surface area (Å²) in [6, 6.07) is 13.1. The van der Waals surface area contributed by atoms with Gasteiger partial charge in [-0.15, -0.1) is 0 Å². The zero-order valence-corrected chi connectivity index (χ0v) is 16.2. The lowest BCUT2D eigenvalue weighted by Gasteiger charge is -2.31. The fourth-order valence-electron chi connectivity index (χ4n) is 3.25. The SMILES string of the molecule is CC1CCN(c2ccc(C(=O)OCC(=O)Nc3ccccc3)cc2[N+](=O)[O-])CC1. The largest absolute Gasteiger partial charge is 0.452 e. The van der Waals surface area contributed by atoms with Crippen LogP contribution in [-0.2, 0) is 9.53 Å². The number of nitro groups is 1. The van der Waals surface area contributed by atoms with Crippen LogP contribution in [0.25, 0.3) is 0 Å². The molecule has 8 nitrogen and oxygen atoms in total. The molecule has 0 saturated carbocycles. The monoisotopic (exact) mass is 397 g/mol. The van der Waals surface area contributed by atoms with Crippen molar-refractivity contribution in [3.8, 4) is 0 Å². The van der Waals surface area contributed by atoms with Gasteiger partial charge in [0, 0.05) is 24.8 Å². The molecule has 2 aromatic rings. The van der Waals surface area contributed by atoms with E-state index < -0.39 is 23.4 Å². The lowest BCUT2D eigenvalue weighted by atomic mass is 9.98. The van der Waals surface area contributed by atoms with Crippen LogP contribution in [0.3, 0.4) is 0 Å². The summed E-state index contributed by atoms with van der Waals surface area (Å²) in [4.78, 5) is 37.2. The molecule has 1 aliphatic rings. The predicted molar refractivity (Wildman–Crippen MR) is 109 cm³/mol. The van der Waals surface area contributed by atoms with E-state index in [1.165, 1.54) is 12.1 Å². The number of para-hydroxylation sites is 1. The Bertz CT molecular complexity index is 892. The number of rotatable bonds is 6. The molecular weight excluding hydrogens is 374 g/mol. The number of anilines is 2. The number of nitro benzene ring substituents is 1. The number of hydrogen-bond donors (Lipinski definition) is 1. The number of nitrogens with one attached hydrogen (secondary N) is 1. The quantitative estimate of drug-likeness (QED) is 0.454. The van der Waals surface area contributed by atoms with Crippen LogP contribution >= 0.6 is 0 Å². The van der Waals surface area contributed by atoms with E-state index >= 15 is 0 Å². The van der Waals surface area contributed by atoms with E-state index in [2.05, 4.69) is 12.2 Å². The molecule has 152 valence electrons. The van der Waals surface area contributed by atoms with Crippen LogP contribution in [0.4, 0.5) is 17.1 Å². The van der Waals surface area contributed by atoms with Gasteiger partial charge in [-0.1, -0.05) is 25.1 Å². The Balaban J connectivity index is 1.65. The Morgan fingerprint density at radius 3 is 2.52 bits per heavy atom. The van der Waals surface area contributed by atoms with Crippen molar-refractivity contribution in [3.63, 3.8) is 0 Å². The summed E-state index contributed by atoms with van der Waals surface area (Å²) >= 11 is 0. The number of nitrogens with zero attached hydrogens (tertiary/aromatic N) is 2. The van der Waals surface area contributed by atoms with E-state index in [9.17, 15) is 19.7 Å². The van der Waals surface area contributed by atoms with Crippen LogP contribution in [0.15, 0.2) is 48.5 Å². The standard InChI is InChI=1S/C21H23N3O5/c1-15-9-11-23(12-10-15)18-8-7-16(13-19(18)24(27)28)21(26)29-14-20(25)22-17-5-3-2-4-6-17/h2-8,13,15H,9-12,14H2,1H3,(H,22,25). The number of esters is 1. The molecule has 1 N–H and O–H groups in total. The maximum Gasteiger partial charge on any atom is 0.338 e. The summed E-state index contributed by atoms with van der Waals surface area (Å²) in [5.74, 6) is -0.671. The highest BCUT2D eigenvalue weighted by atomic mass is 16.6. The molecule has 2 aromatic carbocycles. The van der Waals surface area contributed by atoms with Crippen LogP contribution in [-0.4, -0.2) is 36.5 Å². The van der Waals surface area contributed by atoms with Crippen molar-refractivity contribution in [1.29, 1.82) is 0 Å². The molecule has 3 rings (SSSR count). The Morgan fingerprint density at radius 2 is 1.86 bits per heavy atom. The van der Waals surface area contributed by atoms with E-state index in [1.807, 2.05) is 11.0 Å². The maximum absolute atomic E-state index is 12.3. The molecule has 1 fully saturated rings. The van der Waals surface area contributed by atoms with Crippen LogP contribution in [0.5, 0.6) is 0 Å². The first kappa shape index (κ1) is 20.3. The second kappa shape index (κ2) is 9.18. The number of hydrogen-bond acceptors (Lipinski definition) is 6. The average Bonchev–Trinajstić information content (AvgIpc) is 2.73. The molecule has 0 bridgehead atoms. The van der Waals surface area contributed by atoms with E-state index in [1.54, 1.807) is 30.3 Å². The fourth-order valence-corrected chi connectivity index (χ4v) is 3.25. The summed E-state index contributed by atoms with van der Waals surface area (Å²) in [5.41, 5.74) is 0.991. The van der Waals surface area contributed by atoms with Gasteiger partial charge in [0.1, 0.15) is 5.69 Å². The van der Waals surface area contributed by atoms with Crippen LogP contribution in [0.2, 0.25) is 0 Å². The molecule has 0 aromatic heterocycles. The number of carbonyl (C=O) groups excluding carboxylic acids is 2. The number of amides is 1. The van der Waals surface area contributed by atoms with Gasteiger partial charge in [-0.25, -0.2) is 4.79 Å². The maximum atomic E-state index is 12.3. The molecule has 0 unspecified atom stereocenters. The third-order valence-corrected chi connectivity index (χ3v) is 4.92. The summed E-state index contributed by atoms with van der Waals surface area (Å²) in [5, 5.41) is 14.1. The highest BCUT2D eigenvalue weighted by molar-refractivity contribution is 5.96. The topological polar surface area (TPSA) is 102 Å². The van der Waals surface area contributed by atoms with Crippen LogP contribution < -0.4 is 10.2 Å². The first-order chi connectivity index (χ1) is 13.9. The van der Waals surface area contributed by atoms with Gasteiger partial charge in [-0.2, -0.15) is 0 Å². The van der Waals surface area contributed by atoms with Gasteiger partial charge in [0.2, 0.25) is 0 Å². The molecule has 29 heavy (non-hydrogen) atoms.